The summed E-state index contributed by atoms with van der Waals surface area (Å²) >= 11 is 0. The molecular weight excluding hydrogens is 326 g/mol. The third-order valence-electron chi connectivity index (χ3n) is 2.61. The fourth-order valence-corrected chi connectivity index (χ4v) is 1.96. The van der Waals surface area contributed by atoms with E-state index in [-0.39, 0.29) is 16.0 Å². The van der Waals surface area contributed by atoms with Crippen molar-refractivity contribution in [2.45, 2.75) is 11.8 Å². The summed E-state index contributed by atoms with van der Waals surface area (Å²) in [5.41, 5.74) is 0.0976. The fraction of sp³-hybridized carbons (Fsp3) is 0.0714. The molecule has 1 aromatic carbocycles. The van der Waals surface area contributed by atoms with E-state index in [2.05, 4.69) is 4.98 Å². The summed E-state index contributed by atoms with van der Waals surface area (Å²) in [6.07, 6.45) is 1.13. The Balaban J connectivity index is 0.000000238. The predicted octanol–water partition coefficient (Wildman–Crippen LogP) is 1.72. The topological polar surface area (TPSA) is 142 Å². The van der Waals surface area contributed by atoms with Gasteiger partial charge < -0.3 is 10.2 Å². The lowest BCUT2D eigenvalue weighted by molar-refractivity contribution is 0.0695. The highest BCUT2D eigenvalue weighted by Gasteiger charge is 2.12. The van der Waals surface area contributed by atoms with E-state index in [9.17, 15) is 18.0 Å². The lowest BCUT2D eigenvalue weighted by Gasteiger charge is -2.00. The Morgan fingerprint density at radius 2 is 1.61 bits per heavy atom. The normalized spacial score (nSPS) is 10.3. The van der Waals surface area contributed by atoms with Gasteiger partial charge in [0.25, 0.3) is 10.1 Å². The fourth-order valence-electron chi connectivity index (χ4n) is 1.46. The summed E-state index contributed by atoms with van der Waals surface area (Å²) in [7, 11) is -4.00. The van der Waals surface area contributed by atoms with Gasteiger partial charge in [0.2, 0.25) is 0 Å². The van der Waals surface area contributed by atoms with Crippen LogP contribution in [0.15, 0.2) is 47.5 Å². The van der Waals surface area contributed by atoms with E-state index >= 15 is 0 Å². The molecule has 0 aliphatic carbocycles. The summed E-state index contributed by atoms with van der Waals surface area (Å²) in [6, 6.07) is 8.51. The first-order valence-electron chi connectivity index (χ1n) is 6.08. The molecule has 0 aliphatic heterocycles. The van der Waals surface area contributed by atoms with Gasteiger partial charge in [-0.05, 0) is 25.1 Å². The zero-order chi connectivity index (χ0) is 17.6. The Morgan fingerprint density at radius 3 is 2.00 bits per heavy atom. The quantitative estimate of drug-likeness (QED) is 0.717. The minimum Gasteiger partial charge on any atom is -0.478 e. The number of hydrogen-bond acceptors (Lipinski definition) is 5. The van der Waals surface area contributed by atoms with Crippen LogP contribution in [0.25, 0.3) is 0 Å². The molecular formula is C14H13NO7S. The molecule has 0 amide bonds. The molecule has 23 heavy (non-hydrogen) atoms. The van der Waals surface area contributed by atoms with Crippen LogP contribution in [-0.4, -0.2) is 40.1 Å². The molecule has 0 unspecified atom stereocenters. The number of benzene rings is 1. The monoisotopic (exact) mass is 339 g/mol. The average molecular weight is 339 g/mol. The van der Waals surface area contributed by atoms with Gasteiger partial charge in [-0.25, -0.2) is 9.59 Å². The number of hydrogen-bond donors (Lipinski definition) is 3. The van der Waals surface area contributed by atoms with E-state index < -0.39 is 22.1 Å². The lowest BCUT2D eigenvalue weighted by atomic mass is 10.1. The van der Waals surface area contributed by atoms with Gasteiger partial charge in [-0.1, -0.05) is 18.2 Å². The molecule has 0 spiro atoms. The Hall–Kier alpha value is -2.78. The second-order valence-corrected chi connectivity index (χ2v) is 5.68. The van der Waals surface area contributed by atoms with Gasteiger partial charge in [0.05, 0.1) is 21.7 Å². The van der Waals surface area contributed by atoms with Crippen LogP contribution in [0.5, 0.6) is 0 Å². The molecule has 2 rings (SSSR count). The summed E-state index contributed by atoms with van der Waals surface area (Å²) in [4.78, 5) is 24.6. The van der Waals surface area contributed by atoms with Gasteiger partial charge in [-0.2, -0.15) is 8.42 Å². The molecule has 0 saturated heterocycles. The molecule has 9 heteroatoms. The van der Waals surface area contributed by atoms with Crippen LogP contribution in [0.3, 0.4) is 0 Å². The molecule has 2 aromatic rings. The standard InChI is InChI=1S/C8H7NO4.C6H6O3S/c1-4-6(8(12)13)2-5(3-9-4)7(10)11;7-10(8,9)6-4-2-1-3-5-6/h2-3H,1H3,(H,10,11)(H,12,13);1-5H,(H,7,8,9). The van der Waals surface area contributed by atoms with E-state index in [4.69, 9.17) is 14.8 Å². The van der Waals surface area contributed by atoms with Crippen LogP contribution in [0.4, 0.5) is 0 Å². The van der Waals surface area contributed by atoms with Crippen molar-refractivity contribution in [1.29, 1.82) is 0 Å². The zero-order valence-corrected chi connectivity index (χ0v) is 12.7. The minimum atomic E-state index is -4.00. The van der Waals surface area contributed by atoms with Crippen molar-refractivity contribution in [3.63, 3.8) is 0 Å². The third kappa shape index (κ3) is 5.49. The number of aromatic nitrogens is 1. The zero-order valence-electron chi connectivity index (χ0n) is 11.9. The van der Waals surface area contributed by atoms with Crippen molar-refractivity contribution in [3.8, 4) is 0 Å². The largest absolute Gasteiger partial charge is 0.478 e. The summed E-state index contributed by atoms with van der Waals surface area (Å²) in [5, 5.41) is 17.2. The van der Waals surface area contributed by atoms with Crippen LogP contribution in [-0.2, 0) is 10.1 Å². The maximum atomic E-state index is 10.6. The molecule has 1 heterocycles. The minimum absolute atomic E-state index is 0.0741. The Kier molecular flexibility index (Phi) is 5.94. The van der Waals surface area contributed by atoms with Crippen molar-refractivity contribution in [3.05, 3.63) is 59.4 Å². The van der Waals surface area contributed by atoms with Gasteiger partial charge in [0, 0.05) is 6.20 Å². The van der Waals surface area contributed by atoms with E-state index in [1.807, 2.05) is 0 Å². The van der Waals surface area contributed by atoms with Crippen LogP contribution >= 0.6 is 0 Å². The molecule has 1 aromatic heterocycles. The van der Waals surface area contributed by atoms with Gasteiger partial charge in [-0.15, -0.1) is 0 Å². The highest BCUT2D eigenvalue weighted by molar-refractivity contribution is 7.85. The second-order valence-electron chi connectivity index (χ2n) is 4.26. The Bertz CT molecular complexity index is 816. The van der Waals surface area contributed by atoms with Gasteiger partial charge in [0.1, 0.15) is 0 Å². The number of carboxylic acid groups (broad SMARTS) is 2. The van der Waals surface area contributed by atoms with E-state index in [1.54, 1.807) is 18.2 Å². The molecule has 3 N–H and O–H groups in total. The number of rotatable bonds is 3. The molecule has 0 saturated carbocycles. The van der Waals surface area contributed by atoms with Gasteiger partial charge in [-0.3, -0.25) is 9.54 Å². The first kappa shape index (κ1) is 18.3. The number of aromatic carboxylic acids is 2. The first-order valence-corrected chi connectivity index (χ1v) is 7.52. The number of nitrogens with zero attached hydrogens (tertiary/aromatic N) is 1. The number of pyridine rings is 1. The Morgan fingerprint density at radius 1 is 1.04 bits per heavy atom. The van der Waals surface area contributed by atoms with Crippen molar-refractivity contribution in [2.75, 3.05) is 0 Å². The van der Waals surface area contributed by atoms with Gasteiger partial charge in [0.15, 0.2) is 0 Å². The molecule has 0 radical (unpaired) electrons. The highest BCUT2D eigenvalue weighted by atomic mass is 32.2. The van der Waals surface area contributed by atoms with Gasteiger partial charge >= 0.3 is 11.9 Å². The Labute approximate surface area is 131 Å². The van der Waals surface area contributed by atoms with Crippen LogP contribution in [0, 0.1) is 6.92 Å². The average Bonchev–Trinajstić information content (AvgIpc) is 2.48. The number of carbonyl (C=O) groups is 2. The molecule has 8 nitrogen and oxygen atoms in total. The summed E-state index contributed by atoms with van der Waals surface area (Å²) < 4.78 is 29.2. The summed E-state index contributed by atoms with van der Waals surface area (Å²) in [6.45, 7) is 1.51. The number of aryl methyl sites for hydroxylation is 1. The van der Waals surface area contributed by atoms with Crippen LogP contribution in [0.2, 0.25) is 0 Å². The first-order chi connectivity index (χ1) is 10.6. The smallest absolute Gasteiger partial charge is 0.337 e. The van der Waals surface area contributed by atoms with Crippen molar-refractivity contribution in [1.82, 2.24) is 4.98 Å². The van der Waals surface area contributed by atoms with Crippen molar-refractivity contribution >= 4 is 22.1 Å². The van der Waals surface area contributed by atoms with Crippen LogP contribution in [0.1, 0.15) is 26.4 Å². The predicted molar refractivity (Wildman–Crippen MR) is 79.1 cm³/mol. The third-order valence-corrected chi connectivity index (χ3v) is 3.47. The SMILES string of the molecule is Cc1ncc(C(=O)O)cc1C(=O)O.O=S(=O)(O)c1ccccc1. The molecule has 0 bridgehead atoms. The lowest BCUT2D eigenvalue weighted by Crippen LogP contribution is -2.06. The van der Waals surface area contributed by atoms with E-state index in [0.717, 1.165) is 12.3 Å². The van der Waals surface area contributed by atoms with Crippen molar-refractivity contribution in [2.24, 2.45) is 0 Å². The second kappa shape index (κ2) is 7.47. The molecule has 0 aliphatic rings. The van der Waals surface area contributed by atoms with Crippen molar-refractivity contribution < 1.29 is 32.8 Å². The number of carboxylic acids is 2. The molecule has 122 valence electrons. The maximum absolute atomic E-state index is 10.6. The van der Waals surface area contributed by atoms with E-state index in [0.29, 0.717) is 5.69 Å². The highest BCUT2D eigenvalue weighted by Crippen LogP contribution is 2.08. The molecule has 0 atom stereocenters. The maximum Gasteiger partial charge on any atom is 0.337 e. The molecule has 0 fully saturated rings. The van der Waals surface area contributed by atoms with E-state index in [1.165, 1.54) is 19.1 Å². The summed E-state index contributed by atoms with van der Waals surface area (Å²) in [5.74, 6) is -2.36. The van der Waals surface area contributed by atoms with Crippen LogP contribution < -0.4 is 0 Å².